The summed E-state index contributed by atoms with van der Waals surface area (Å²) in [6, 6.07) is 0. The van der Waals surface area contributed by atoms with E-state index in [1.54, 1.807) is 11.8 Å². The van der Waals surface area contributed by atoms with Gasteiger partial charge in [0.1, 0.15) is 0 Å². The lowest BCUT2D eigenvalue weighted by molar-refractivity contribution is -0.114. The molecule has 0 unspecified atom stereocenters. The maximum atomic E-state index is 10.8. The lowest BCUT2D eigenvalue weighted by Gasteiger charge is -2.16. The van der Waals surface area contributed by atoms with Crippen LogP contribution in [0.15, 0.2) is 4.34 Å². The van der Waals surface area contributed by atoms with Crippen LogP contribution in [0.3, 0.4) is 0 Å². The first-order chi connectivity index (χ1) is 8.15. The molecule has 5 nitrogen and oxygen atoms in total. The molecule has 0 aromatic carbocycles. The van der Waals surface area contributed by atoms with Gasteiger partial charge in [0, 0.05) is 19.2 Å². The molecule has 0 aliphatic rings. The summed E-state index contributed by atoms with van der Waals surface area (Å²) in [6.07, 6.45) is 0. The number of nitrogens with zero attached hydrogens (tertiary/aromatic N) is 3. The Labute approximate surface area is 110 Å². The van der Waals surface area contributed by atoms with Crippen LogP contribution in [0.5, 0.6) is 0 Å². The van der Waals surface area contributed by atoms with Gasteiger partial charge < -0.3 is 10.2 Å². The quantitative estimate of drug-likeness (QED) is 0.608. The van der Waals surface area contributed by atoms with Gasteiger partial charge in [0.2, 0.25) is 11.0 Å². The highest BCUT2D eigenvalue weighted by Crippen LogP contribution is 2.25. The van der Waals surface area contributed by atoms with Crippen LogP contribution in [-0.2, 0) is 4.79 Å². The molecule has 1 heterocycles. The summed E-state index contributed by atoms with van der Waals surface area (Å²) >= 11 is 3.10. The van der Waals surface area contributed by atoms with Gasteiger partial charge >= 0.3 is 0 Å². The number of amides is 1. The molecule has 96 valence electrons. The molecule has 0 atom stereocenters. The molecule has 0 bridgehead atoms. The SMILES string of the molecule is CCN(CC)CCSc1nnc(NC(C)=O)s1. The van der Waals surface area contributed by atoms with Crippen molar-refractivity contribution in [3.8, 4) is 0 Å². The minimum Gasteiger partial charge on any atom is -0.303 e. The summed E-state index contributed by atoms with van der Waals surface area (Å²) in [7, 11) is 0. The predicted octanol–water partition coefficient (Wildman–Crippen LogP) is 1.93. The smallest absolute Gasteiger partial charge is 0.223 e. The van der Waals surface area contributed by atoms with Crippen LogP contribution in [0.25, 0.3) is 0 Å². The van der Waals surface area contributed by atoms with Crippen LogP contribution >= 0.6 is 23.1 Å². The predicted molar refractivity (Wildman–Crippen MR) is 72.7 cm³/mol. The van der Waals surface area contributed by atoms with Crippen molar-refractivity contribution in [2.75, 3.05) is 30.7 Å². The first-order valence-corrected chi connectivity index (χ1v) is 7.42. The Morgan fingerprint density at radius 1 is 1.41 bits per heavy atom. The van der Waals surface area contributed by atoms with Crippen molar-refractivity contribution in [3.63, 3.8) is 0 Å². The van der Waals surface area contributed by atoms with Gasteiger partial charge in [-0.2, -0.15) is 0 Å². The van der Waals surface area contributed by atoms with Crippen LogP contribution in [-0.4, -0.2) is 46.4 Å². The Kier molecular flexibility index (Phi) is 6.46. The van der Waals surface area contributed by atoms with Gasteiger partial charge in [-0.25, -0.2) is 0 Å². The van der Waals surface area contributed by atoms with Crippen molar-refractivity contribution in [2.45, 2.75) is 25.1 Å². The molecule has 0 radical (unpaired) electrons. The Bertz CT molecular complexity index is 352. The number of anilines is 1. The van der Waals surface area contributed by atoms with Gasteiger partial charge in [0.25, 0.3) is 0 Å². The number of carbonyl (C=O) groups excluding carboxylic acids is 1. The maximum Gasteiger partial charge on any atom is 0.223 e. The number of carbonyl (C=O) groups is 1. The van der Waals surface area contributed by atoms with Gasteiger partial charge in [-0.05, 0) is 13.1 Å². The molecular formula is C10H18N4OS2. The highest BCUT2D eigenvalue weighted by molar-refractivity contribution is 8.01. The summed E-state index contributed by atoms with van der Waals surface area (Å²) in [6.45, 7) is 8.98. The summed E-state index contributed by atoms with van der Waals surface area (Å²) in [5.74, 6) is 0.886. The molecular weight excluding hydrogens is 256 g/mol. The number of hydrogen-bond acceptors (Lipinski definition) is 6. The van der Waals surface area contributed by atoms with Crippen LogP contribution in [0.4, 0.5) is 5.13 Å². The van der Waals surface area contributed by atoms with E-state index < -0.39 is 0 Å². The third-order valence-electron chi connectivity index (χ3n) is 2.22. The first kappa shape index (κ1) is 14.4. The third kappa shape index (κ3) is 5.47. The van der Waals surface area contributed by atoms with E-state index in [0.29, 0.717) is 5.13 Å². The molecule has 1 aromatic heterocycles. The second kappa shape index (κ2) is 7.62. The molecule has 1 rings (SSSR count). The minimum absolute atomic E-state index is 0.110. The highest BCUT2D eigenvalue weighted by Gasteiger charge is 2.06. The van der Waals surface area contributed by atoms with Gasteiger partial charge in [0.05, 0.1) is 0 Å². The maximum absolute atomic E-state index is 10.8. The number of nitrogens with one attached hydrogen (secondary N) is 1. The number of rotatable bonds is 7. The minimum atomic E-state index is -0.110. The largest absolute Gasteiger partial charge is 0.303 e. The van der Waals surface area contributed by atoms with Crippen LogP contribution in [0.2, 0.25) is 0 Å². The van der Waals surface area contributed by atoms with Gasteiger partial charge in [-0.3, -0.25) is 4.79 Å². The molecule has 1 N–H and O–H groups in total. The van der Waals surface area contributed by atoms with E-state index >= 15 is 0 Å². The molecule has 1 aromatic rings. The van der Waals surface area contributed by atoms with Crippen molar-refractivity contribution in [1.82, 2.24) is 15.1 Å². The zero-order valence-electron chi connectivity index (χ0n) is 10.4. The number of aromatic nitrogens is 2. The summed E-state index contributed by atoms with van der Waals surface area (Å²) in [4.78, 5) is 13.2. The van der Waals surface area contributed by atoms with E-state index in [4.69, 9.17) is 0 Å². The lowest BCUT2D eigenvalue weighted by Crippen LogP contribution is -2.25. The molecule has 17 heavy (non-hydrogen) atoms. The Hall–Kier alpha value is -0.660. The van der Waals surface area contributed by atoms with Crippen molar-refractivity contribution in [2.24, 2.45) is 0 Å². The average Bonchev–Trinajstić information content (AvgIpc) is 2.71. The summed E-state index contributed by atoms with van der Waals surface area (Å²) < 4.78 is 0.904. The van der Waals surface area contributed by atoms with E-state index in [2.05, 4.69) is 34.3 Å². The fourth-order valence-corrected chi connectivity index (χ4v) is 3.14. The monoisotopic (exact) mass is 274 g/mol. The molecule has 0 aliphatic carbocycles. The van der Waals surface area contributed by atoms with Crippen molar-refractivity contribution < 1.29 is 4.79 Å². The van der Waals surface area contributed by atoms with Crippen LogP contribution in [0, 0.1) is 0 Å². The molecule has 0 saturated carbocycles. The van der Waals surface area contributed by atoms with Crippen molar-refractivity contribution >= 4 is 34.1 Å². The molecule has 0 spiro atoms. The fourth-order valence-electron chi connectivity index (χ4n) is 1.27. The zero-order valence-corrected chi connectivity index (χ0v) is 12.0. The number of thioether (sulfide) groups is 1. The molecule has 0 aliphatic heterocycles. The normalized spacial score (nSPS) is 10.8. The van der Waals surface area contributed by atoms with E-state index in [0.717, 1.165) is 29.7 Å². The average molecular weight is 274 g/mol. The van der Waals surface area contributed by atoms with Gasteiger partial charge in [-0.15, -0.1) is 10.2 Å². The van der Waals surface area contributed by atoms with E-state index in [1.165, 1.54) is 18.3 Å². The second-order valence-corrected chi connectivity index (χ2v) is 5.75. The van der Waals surface area contributed by atoms with E-state index in [1.807, 2.05) is 0 Å². The topological polar surface area (TPSA) is 58.1 Å². The van der Waals surface area contributed by atoms with Gasteiger partial charge in [-0.1, -0.05) is 36.9 Å². The second-order valence-electron chi connectivity index (χ2n) is 3.43. The summed E-state index contributed by atoms with van der Waals surface area (Å²) in [5.41, 5.74) is 0. The number of hydrogen-bond donors (Lipinski definition) is 1. The molecule has 0 fully saturated rings. The van der Waals surface area contributed by atoms with Crippen molar-refractivity contribution in [1.29, 1.82) is 0 Å². The summed E-state index contributed by atoms with van der Waals surface area (Å²) in [5, 5.41) is 11.1. The molecule has 7 heteroatoms. The molecule has 1 amide bonds. The third-order valence-corrected chi connectivity index (χ3v) is 4.17. The Morgan fingerprint density at radius 3 is 2.71 bits per heavy atom. The first-order valence-electron chi connectivity index (χ1n) is 5.62. The van der Waals surface area contributed by atoms with Crippen LogP contribution < -0.4 is 5.32 Å². The highest BCUT2D eigenvalue weighted by atomic mass is 32.2. The van der Waals surface area contributed by atoms with Crippen LogP contribution in [0.1, 0.15) is 20.8 Å². The lowest BCUT2D eigenvalue weighted by atomic mass is 10.5. The Morgan fingerprint density at radius 2 is 2.12 bits per heavy atom. The zero-order chi connectivity index (χ0) is 12.7. The Balaban J connectivity index is 2.32. The van der Waals surface area contributed by atoms with E-state index in [9.17, 15) is 4.79 Å². The van der Waals surface area contributed by atoms with E-state index in [-0.39, 0.29) is 5.91 Å². The van der Waals surface area contributed by atoms with Crippen molar-refractivity contribution in [3.05, 3.63) is 0 Å². The fraction of sp³-hybridized carbons (Fsp3) is 0.700. The standard InChI is InChI=1S/C10H18N4OS2/c1-4-14(5-2)6-7-16-10-13-12-9(17-10)11-8(3)15/h4-7H2,1-3H3,(H,11,12,15). The molecule has 0 saturated heterocycles. The van der Waals surface area contributed by atoms with Gasteiger partial charge in [0.15, 0.2) is 4.34 Å².